The van der Waals surface area contributed by atoms with Crippen molar-refractivity contribution in [3.8, 4) is 11.5 Å². The molecule has 1 amide bonds. The number of amides is 1. The first kappa shape index (κ1) is 20.5. The molecular formula is C20H21N3O5S. The van der Waals surface area contributed by atoms with Gasteiger partial charge in [-0.25, -0.2) is 0 Å². The number of nitrogens with one attached hydrogen (secondary N) is 2. The number of hydrogen-bond donors (Lipinski definition) is 2. The quantitative estimate of drug-likeness (QED) is 0.403. The molecule has 0 radical (unpaired) electrons. The Labute approximate surface area is 172 Å². The van der Waals surface area contributed by atoms with E-state index in [1.807, 2.05) is 24.3 Å². The first-order chi connectivity index (χ1) is 13.9. The van der Waals surface area contributed by atoms with E-state index in [-0.39, 0.29) is 22.8 Å². The minimum absolute atomic E-state index is 0.0904. The van der Waals surface area contributed by atoms with Crippen molar-refractivity contribution in [1.82, 2.24) is 5.32 Å². The highest BCUT2D eigenvalue weighted by Crippen LogP contribution is 2.38. The van der Waals surface area contributed by atoms with Crippen molar-refractivity contribution in [3.63, 3.8) is 0 Å². The van der Waals surface area contributed by atoms with Gasteiger partial charge >= 0.3 is 5.69 Å². The zero-order valence-electron chi connectivity index (χ0n) is 16.2. The molecule has 3 rings (SSSR count). The van der Waals surface area contributed by atoms with Gasteiger partial charge in [0.2, 0.25) is 5.75 Å². The van der Waals surface area contributed by atoms with Gasteiger partial charge in [-0.15, -0.1) is 0 Å². The molecule has 1 heterocycles. The van der Waals surface area contributed by atoms with E-state index in [1.165, 1.54) is 43.7 Å². The topological polar surface area (TPSA) is 103 Å². The second-order valence-electron chi connectivity index (χ2n) is 6.20. The first-order valence-electron chi connectivity index (χ1n) is 8.90. The van der Waals surface area contributed by atoms with Crippen LogP contribution >= 0.6 is 11.8 Å². The smallest absolute Gasteiger partial charge is 0.311 e. The number of aryl methyl sites for hydroxylation is 1. The highest BCUT2D eigenvalue weighted by atomic mass is 32.2. The third-order valence-corrected chi connectivity index (χ3v) is 5.43. The number of nitrogens with zero attached hydrogens (tertiary/aromatic N) is 1. The van der Waals surface area contributed by atoms with E-state index in [9.17, 15) is 14.9 Å². The fourth-order valence-electron chi connectivity index (χ4n) is 2.86. The van der Waals surface area contributed by atoms with Crippen LogP contribution in [-0.4, -0.2) is 30.5 Å². The molecule has 1 atom stereocenters. The molecule has 0 aliphatic carbocycles. The van der Waals surface area contributed by atoms with Crippen molar-refractivity contribution in [1.29, 1.82) is 0 Å². The molecule has 2 N–H and O–H groups in total. The van der Waals surface area contributed by atoms with Crippen LogP contribution in [0.2, 0.25) is 0 Å². The number of ether oxygens (including phenoxy) is 2. The van der Waals surface area contributed by atoms with Gasteiger partial charge in [-0.1, -0.05) is 30.8 Å². The van der Waals surface area contributed by atoms with E-state index >= 15 is 0 Å². The maximum absolute atomic E-state index is 12.4. The highest BCUT2D eigenvalue weighted by Gasteiger charge is 2.28. The van der Waals surface area contributed by atoms with E-state index in [0.29, 0.717) is 16.2 Å². The van der Waals surface area contributed by atoms with Crippen LogP contribution in [0.1, 0.15) is 18.1 Å². The third-order valence-electron chi connectivity index (χ3n) is 4.41. The zero-order valence-corrected chi connectivity index (χ0v) is 17.0. The summed E-state index contributed by atoms with van der Waals surface area (Å²) in [5.74, 6) is 0.200. The van der Waals surface area contributed by atoms with Gasteiger partial charge in [0, 0.05) is 23.4 Å². The normalized spacial score (nSPS) is 17.1. The number of hydrogen-bond acceptors (Lipinski definition) is 7. The van der Waals surface area contributed by atoms with E-state index in [4.69, 9.17) is 9.47 Å². The van der Waals surface area contributed by atoms with Crippen molar-refractivity contribution >= 4 is 35.1 Å². The Morgan fingerprint density at radius 1 is 1.21 bits per heavy atom. The Kier molecular flexibility index (Phi) is 6.28. The number of carbonyl (C=O) groups is 1. The molecule has 1 fully saturated rings. The molecule has 0 saturated carbocycles. The van der Waals surface area contributed by atoms with E-state index < -0.39 is 4.92 Å². The van der Waals surface area contributed by atoms with Gasteiger partial charge in [-0.05, 0) is 30.2 Å². The van der Waals surface area contributed by atoms with Gasteiger partial charge < -0.3 is 20.1 Å². The molecule has 1 aliphatic heterocycles. The van der Waals surface area contributed by atoms with Gasteiger partial charge in [0.15, 0.2) is 5.50 Å². The molecule has 152 valence electrons. The number of nitro benzene ring substituents is 1. The van der Waals surface area contributed by atoms with Gasteiger partial charge in [-0.3, -0.25) is 14.9 Å². The molecule has 2 aromatic carbocycles. The fraction of sp³-hybridized carbons (Fsp3) is 0.250. The molecule has 0 aromatic heterocycles. The molecule has 0 bridgehead atoms. The number of methoxy groups -OCH3 is 2. The van der Waals surface area contributed by atoms with Crippen molar-refractivity contribution in [3.05, 3.63) is 62.5 Å². The number of rotatable bonds is 7. The summed E-state index contributed by atoms with van der Waals surface area (Å²) in [6, 6.07) is 10.8. The summed E-state index contributed by atoms with van der Waals surface area (Å²) in [4.78, 5) is 23.6. The summed E-state index contributed by atoms with van der Waals surface area (Å²) in [5.41, 5.74) is 1.99. The van der Waals surface area contributed by atoms with Crippen LogP contribution in [0.3, 0.4) is 0 Å². The lowest BCUT2D eigenvalue weighted by molar-refractivity contribution is -0.385. The van der Waals surface area contributed by atoms with Crippen molar-refractivity contribution in [2.24, 2.45) is 0 Å². The van der Waals surface area contributed by atoms with Gasteiger partial charge in [-0.2, -0.15) is 0 Å². The first-order valence-corrected chi connectivity index (χ1v) is 9.78. The van der Waals surface area contributed by atoms with Crippen molar-refractivity contribution < 1.29 is 19.2 Å². The molecule has 29 heavy (non-hydrogen) atoms. The van der Waals surface area contributed by atoms with Gasteiger partial charge in [0.05, 0.1) is 24.0 Å². The monoisotopic (exact) mass is 415 g/mol. The SMILES string of the molecule is CCc1ccc(N[C@H]2NC(=O)/C(=C/c3cc([N+](=O)[O-])c(OC)cc3OC)S2)cc1. The molecule has 2 aromatic rings. The Morgan fingerprint density at radius 3 is 2.48 bits per heavy atom. The Hall–Kier alpha value is -3.20. The molecule has 0 unspecified atom stereocenters. The number of thioether (sulfide) groups is 1. The molecule has 1 aliphatic rings. The molecule has 9 heteroatoms. The van der Waals surface area contributed by atoms with Gasteiger partial charge in [0.25, 0.3) is 5.91 Å². The van der Waals surface area contributed by atoms with E-state index in [0.717, 1.165) is 12.1 Å². The van der Waals surface area contributed by atoms with Crippen LogP contribution in [0.15, 0.2) is 41.3 Å². The van der Waals surface area contributed by atoms with Crippen LogP contribution in [0.25, 0.3) is 6.08 Å². The second kappa shape index (κ2) is 8.87. The second-order valence-corrected chi connectivity index (χ2v) is 7.34. The van der Waals surface area contributed by atoms with E-state index in [2.05, 4.69) is 17.6 Å². The van der Waals surface area contributed by atoms with Gasteiger partial charge in [0.1, 0.15) is 5.75 Å². The summed E-state index contributed by atoms with van der Waals surface area (Å²) in [6.07, 6.45) is 2.53. The van der Waals surface area contributed by atoms with Crippen molar-refractivity contribution in [2.45, 2.75) is 18.8 Å². The predicted molar refractivity (Wildman–Crippen MR) is 113 cm³/mol. The third kappa shape index (κ3) is 4.62. The minimum atomic E-state index is -0.535. The van der Waals surface area contributed by atoms with Crippen LogP contribution in [-0.2, 0) is 11.2 Å². The number of carbonyl (C=O) groups excluding carboxylic acids is 1. The minimum Gasteiger partial charge on any atom is -0.496 e. The number of benzene rings is 2. The van der Waals surface area contributed by atoms with Crippen molar-refractivity contribution in [2.75, 3.05) is 19.5 Å². The lowest BCUT2D eigenvalue weighted by atomic mass is 10.1. The van der Waals surface area contributed by atoms with Crippen LogP contribution in [0.5, 0.6) is 11.5 Å². The number of anilines is 1. The van der Waals surface area contributed by atoms with Crippen LogP contribution in [0, 0.1) is 10.1 Å². The summed E-state index contributed by atoms with van der Waals surface area (Å²) < 4.78 is 10.4. The molecule has 1 saturated heterocycles. The maximum Gasteiger partial charge on any atom is 0.311 e. The molecule has 8 nitrogen and oxygen atoms in total. The number of nitro groups is 1. The zero-order chi connectivity index (χ0) is 21.0. The largest absolute Gasteiger partial charge is 0.496 e. The predicted octanol–water partition coefficient (Wildman–Crippen LogP) is 3.77. The summed E-state index contributed by atoms with van der Waals surface area (Å²) in [7, 11) is 2.80. The Balaban J connectivity index is 1.83. The summed E-state index contributed by atoms with van der Waals surface area (Å²) in [6.45, 7) is 2.09. The van der Waals surface area contributed by atoms with Crippen LogP contribution in [0.4, 0.5) is 11.4 Å². The molecule has 0 spiro atoms. The maximum atomic E-state index is 12.4. The Bertz CT molecular complexity index is 959. The standard InChI is InChI=1S/C20H21N3O5S/c1-4-12-5-7-14(8-6-12)21-20-22-19(24)18(29-20)10-13-9-15(23(25)26)17(28-3)11-16(13)27-2/h5-11,20-21H,4H2,1-3H3,(H,22,24)/b18-10-/t20-/m0/s1. The lowest BCUT2D eigenvalue weighted by Gasteiger charge is -2.13. The lowest BCUT2D eigenvalue weighted by Crippen LogP contribution is -2.30. The highest BCUT2D eigenvalue weighted by molar-refractivity contribution is 8.05. The molecular weight excluding hydrogens is 394 g/mol. The Morgan fingerprint density at radius 2 is 1.90 bits per heavy atom. The van der Waals surface area contributed by atoms with Crippen LogP contribution < -0.4 is 20.1 Å². The average Bonchev–Trinajstić information content (AvgIpc) is 3.06. The summed E-state index contributed by atoms with van der Waals surface area (Å²) in [5, 5.41) is 17.4. The van der Waals surface area contributed by atoms with E-state index in [1.54, 1.807) is 6.08 Å². The summed E-state index contributed by atoms with van der Waals surface area (Å²) >= 11 is 1.29. The fourth-order valence-corrected chi connectivity index (χ4v) is 3.83. The average molecular weight is 415 g/mol.